The van der Waals surface area contributed by atoms with E-state index in [1.54, 1.807) is 18.2 Å². The third-order valence-electron chi connectivity index (χ3n) is 3.21. The van der Waals surface area contributed by atoms with Gasteiger partial charge in [-0.15, -0.1) is 0 Å². The minimum Gasteiger partial charge on any atom is -0.326 e. The lowest BCUT2D eigenvalue weighted by Crippen LogP contribution is -2.28. The summed E-state index contributed by atoms with van der Waals surface area (Å²) in [6, 6.07) is 11.6. The van der Waals surface area contributed by atoms with Gasteiger partial charge in [-0.1, -0.05) is 39.7 Å². The maximum atomic E-state index is 12.1. The summed E-state index contributed by atoms with van der Waals surface area (Å²) in [5.41, 5.74) is 1.65. The van der Waals surface area contributed by atoms with Gasteiger partial charge in [-0.2, -0.15) is 0 Å². The molecule has 2 N–H and O–H groups in total. The fraction of sp³-hybridized carbons (Fsp3) is 0.188. The summed E-state index contributed by atoms with van der Waals surface area (Å²) in [6.07, 6.45) is 0.0127. The van der Waals surface area contributed by atoms with E-state index in [1.165, 1.54) is 12.1 Å². The third-order valence-corrected chi connectivity index (χ3v) is 6.06. The number of rotatable bonds is 6. The van der Waals surface area contributed by atoms with Gasteiger partial charge in [0.1, 0.15) is 4.90 Å². The number of benzene rings is 2. The Morgan fingerprint density at radius 3 is 2.58 bits per heavy atom. The van der Waals surface area contributed by atoms with Crippen LogP contribution in [0.25, 0.3) is 0 Å². The van der Waals surface area contributed by atoms with Crippen molar-refractivity contribution >= 4 is 49.1 Å². The largest absolute Gasteiger partial charge is 0.326 e. The monoisotopic (exact) mass is 430 g/mol. The topological polar surface area (TPSA) is 75.3 Å². The highest BCUT2D eigenvalue weighted by molar-refractivity contribution is 9.10. The molecule has 0 radical (unpaired) electrons. The smallest absolute Gasteiger partial charge is 0.242 e. The van der Waals surface area contributed by atoms with Crippen LogP contribution in [0.5, 0.6) is 0 Å². The second-order valence-corrected chi connectivity index (χ2v) is 8.09. The second-order valence-electron chi connectivity index (χ2n) is 5.09. The highest BCUT2D eigenvalue weighted by atomic mass is 79.9. The molecule has 128 valence electrons. The summed E-state index contributed by atoms with van der Waals surface area (Å²) in [6.45, 7) is 1.90. The zero-order chi connectivity index (χ0) is 17.7. The normalized spacial score (nSPS) is 11.3. The van der Waals surface area contributed by atoms with Gasteiger partial charge in [0.2, 0.25) is 15.9 Å². The molecule has 2 rings (SSSR count). The summed E-state index contributed by atoms with van der Waals surface area (Å²) in [5.74, 6) is -0.279. The molecule has 0 atom stereocenters. The predicted molar refractivity (Wildman–Crippen MR) is 98.8 cm³/mol. The van der Waals surface area contributed by atoms with Gasteiger partial charge < -0.3 is 5.32 Å². The Hall–Kier alpha value is -1.41. The molecular weight excluding hydrogens is 416 g/mol. The van der Waals surface area contributed by atoms with Crippen molar-refractivity contribution in [1.82, 2.24) is 4.72 Å². The van der Waals surface area contributed by atoms with Crippen LogP contribution in [0, 0.1) is 6.92 Å². The van der Waals surface area contributed by atoms with E-state index in [4.69, 9.17) is 11.6 Å². The predicted octanol–water partition coefficient (Wildman–Crippen LogP) is 3.72. The van der Waals surface area contributed by atoms with Crippen LogP contribution in [0.1, 0.15) is 12.0 Å². The Morgan fingerprint density at radius 2 is 1.92 bits per heavy atom. The number of sulfonamides is 1. The number of anilines is 1. The summed E-state index contributed by atoms with van der Waals surface area (Å²) in [4.78, 5) is 11.9. The van der Waals surface area contributed by atoms with Crippen molar-refractivity contribution in [1.29, 1.82) is 0 Å². The molecule has 2 aromatic carbocycles. The van der Waals surface area contributed by atoms with Gasteiger partial charge >= 0.3 is 0 Å². The van der Waals surface area contributed by atoms with Gasteiger partial charge in [-0.25, -0.2) is 13.1 Å². The number of halogens is 2. The van der Waals surface area contributed by atoms with E-state index in [9.17, 15) is 13.2 Å². The number of carbonyl (C=O) groups is 1. The lowest BCUT2D eigenvalue weighted by molar-refractivity contribution is -0.116. The third kappa shape index (κ3) is 5.04. The van der Waals surface area contributed by atoms with Crippen molar-refractivity contribution < 1.29 is 13.2 Å². The molecule has 0 unspecified atom stereocenters. The minimum absolute atomic E-state index is 0.00407. The molecule has 0 aliphatic rings. The number of hydrogen-bond donors (Lipinski definition) is 2. The lowest BCUT2D eigenvalue weighted by Gasteiger charge is -2.09. The van der Waals surface area contributed by atoms with Crippen LogP contribution in [0.15, 0.2) is 51.8 Å². The van der Waals surface area contributed by atoms with E-state index in [1.807, 2.05) is 19.1 Å². The summed E-state index contributed by atoms with van der Waals surface area (Å²) in [5, 5.41) is 2.87. The maximum Gasteiger partial charge on any atom is 0.242 e. The minimum atomic E-state index is -3.74. The molecule has 0 aliphatic heterocycles. The van der Waals surface area contributed by atoms with Crippen LogP contribution in [0.2, 0.25) is 5.02 Å². The van der Waals surface area contributed by atoms with Crippen LogP contribution >= 0.6 is 27.5 Å². The number of nitrogens with one attached hydrogen (secondary N) is 2. The van der Waals surface area contributed by atoms with Crippen molar-refractivity contribution in [2.24, 2.45) is 0 Å². The van der Waals surface area contributed by atoms with Crippen molar-refractivity contribution in [2.45, 2.75) is 18.2 Å². The summed E-state index contributed by atoms with van der Waals surface area (Å²) in [7, 11) is -3.74. The number of amides is 1. The second kappa shape index (κ2) is 8.11. The first-order chi connectivity index (χ1) is 11.3. The molecule has 0 bridgehead atoms. The Morgan fingerprint density at radius 1 is 1.21 bits per heavy atom. The first-order valence-electron chi connectivity index (χ1n) is 7.10. The molecule has 0 fully saturated rings. The Balaban J connectivity index is 1.90. The maximum absolute atomic E-state index is 12.1. The van der Waals surface area contributed by atoms with Gasteiger partial charge in [0, 0.05) is 23.1 Å². The van der Waals surface area contributed by atoms with Crippen LogP contribution in [-0.2, 0) is 14.8 Å². The van der Waals surface area contributed by atoms with Crippen LogP contribution in [0.4, 0.5) is 5.69 Å². The lowest BCUT2D eigenvalue weighted by atomic mass is 10.2. The fourth-order valence-electron chi connectivity index (χ4n) is 1.99. The molecule has 0 saturated carbocycles. The molecule has 24 heavy (non-hydrogen) atoms. The Kier molecular flexibility index (Phi) is 6.40. The van der Waals surface area contributed by atoms with Crippen molar-refractivity contribution in [3.8, 4) is 0 Å². The molecule has 0 aliphatic carbocycles. The van der Waals surface area contributed by atoms with E-state index >= 15 is 0 Å². The Labute approximate surface area is 154 Å². The zero-order valence-electron chi connectivity index (χ0n) is 12.8. The number of aryl methyl sites for hydroxylation is 1. The van der Waals surface area contributed by atoms with E-state index in [0.717, 1.165) is 10.0 Å². The average molecular weight is 432 g/mol. The van der Waals surface area contributed by atoms with Gasteiger partial charge in [0.05, 0.1) is 5.02 Å². The van der Waals surface area contributed by atoms with Crippen LogP contribution in [-0.4, -0.2) is 20.9 Å². The molecule has 0 heterocycles. The highest BCUT2D eigenvalue weighted by Crippen LogP contribution is 2.21. The molecule has 0 spiro atoms. The molecule has 5 nitrogen and oxygen atoms in total. The summed E-state index contributed by atoms with van der Waals surface area (Å²) < 4.78 is 27.6. The molecule has 0 saturated heterocycles. The molecule has 1 amide bonds. The number of carbonyl (C=O) groups excluding carboxylic acids is 1. The average Bonchev–Trinajstić information content (AvgIpc) is 2.51. The zero-order valence-corrected chi connectivity index (χ0v) is 16.0. The van der Waals surface area contributed by atoms with Gasteiger partial charge in [-0.05, 0) is 42.8 Å². The fourth-order valence-corrected chi connectivity index (χ4v) is 3.78. The standard InChI is InChI=1S/C16H16BrClN2O3S/c1-11-10-12(6-7-13(11)17)20-16(21)8-9-19-24(22,23)15-5-3-2-4-14(15)18/h2-7,10,19H,8-9H2,1H3,(H,20,21). The quantitative estimate of drug-likeness (QED) is 0.732. The first kappa shape index (κ1) is 18.9. The Bertz CT molecular complexity index is 856. The first-order valence-corrected chi connectivity index (χ1v) is 9.75. The summed E-state index contributed by atoms with van der Waals surface area (Å²) >= 11 is 9.27. The SMILES string of the molecule is Cc1cc(NC(=O)CCNS(=O)(=O)c2ccccc2Cl)ccc1Br. The molecule has 2 aromatic rings. The van der Waals surface area contributed by atoms with E-state index in [0.29, 0.717) is 5.69 Å². The molecule has 0 aromatic heterocycles. The van der Waals surface area contributed by atoms with Gasteiger partial charge in [0.15, 0.2) is 0 Å². The van der Waals surface area contributed by atoms with E-state index in [2.05, 4.69) is 26.0 Å². The van der Waals surface area contributed by atoms with Gasteiger partial charge in [-0.3, -0.25) is 4.79 Å². The van der Waals surface area contributed by atoms with E-state index in [-0.39, 0.29) is 28.8 Å². The molecular formula is C16H16BrClN2O3S. The number of hydrogen-bond acceptors (Lipinski definition) is 3. The van der Waals surface area contributed by atoms with Crippen molar-refractivity contribution in [3.05, 3.63) is 57.5 Å². The van der Waals surface area contributed by atoms with E-state index < -0.39 is 10.0 Å². The van der Waals surface area contributed by atoms with Gasteiger partial charge in [0.25, 0.3) is 0 Å². The highest BCUT2D eigenvalue weighted by Gasteiger charge is 2.17. The van der Waals surface area contributed by atoms with Crippen molar-refractivity contribution in [3.63, 3.8) is 0 Å². The van der Waals surface area contributed by atoms with Crippen LogP contribution < -0.4 is 10.0 Å². The van der Waals surface area contributed by atoms with Crippen LogP contribution in [0.3, 0.4) is 0 Å². The molecule has 8 heteroatoms. The van der Waals surface area contributed by atoms with Crippen molar-refractivity contribution in [2.75, 3.05) is 11.9 Å².